The van der Waals surface area contributed by atoms with E-state index in [1.54, 1.807) is 30.1 Å². The summed E-state index contributed by atoms with van der Waals surface area (Å²) in [5.41, 5.74) is 3.15. The summed E-state index contributed by atoms with van der Waals surface area (Å²) in [5, 5.41) is 7.01. The molecular weight excluding hydrogens is 269 g/mol. The number of amides is 1. The predicted octanol–water partition coefficient (Wildman–Crippen LogP) is 2.93. The highest BCUT2D eigenvalue weighted by molar-refractivity contribution is 5.83. The molecule has 1 heterocycles. The second-order valence-electron chi connectivity index (χ2n) is 5.36. The van der Waals surface area contributed by atoms with Crippen LogP contribution >= 0.6 is 0 Å². The van der Waals surface area contributed by atoms with Gasteiger partial charge in [0.2, 0.25) is 5.91 Å². The summed E-state index contributed by atoms with van der Waals surface area (Å²) in [6.07, 6.45) is 0. The van der Waals surface area contributed by atoms with Gasteiger partial charge in [-0.15, -0.1) is 0 Å². The van der Waals surface area contributed by atoms with Crippen LogP contribution in [0.25, 0.3) is 0 Å². The van der Waals surface area contributed by atoms with Crippen LogP contribution in [-0.4, -0.2) is 28.1 Å². The normalized spacial score (nSPS) is 12.2. The van der Waals surface area contributed by atoms with Crippen LogP contribution in [0.5, 0.6) is 0 Å². The lowest BCUT2D eigenvalue weighted by atomic mass is 9.97. The fraction of sp³-hybridized carbons (Fsp3) is 0.375. The number of nitrogens with zero attached hydrogens (tertiary/aromatic N) is 2. The number of benzene rings is 1. The van der Waals surface area contributed by atoms with Crippen molar-refractivity contribution in [2.75, 3.05) is 7.05 Å². The number of nitrogens with one attached hydrogen (secondary N) is 1. The zero-order valence-corrected chi connectivity index (χ0v) is 12.8. The standard InChI is InChI=1S/C16H20FN3O/c1-10(15-11(2)18-19-12(15)3)16(21)20(4)9-13-7-5-6-8-14(13)17/h5-8,10H,9H2,1-4H3,(H,18,19). The fourth-order valence-electron chi connectivity index (χ4n) is 2.61. The maximum Gasteiger partial charge on any atom is 0.230 e. The Kier molecular flexibility index (Phi) is 4.40. The van der Waals surface area contributed by atoms with Crippen molar-refractivity contribution in [2.24, 2.45) is 0 Å². The van der Waals surface area contributed by atoms with Gasteiger partial charge in [0, 0.05) is 30.4 Å². The molecule has 21 heavy (non-hydrogen) atoms. The second-order valence-corrected chi connectivity index (χ2v) is 5.36. The Morgan fingerprint density at radius 2 is 2.05 bits per heavy atom. The summed E-state index contributed by atoms with van der Waals surface area (Å²) in [5.74, 6) is -0.646. The van der Waals surface area contributed by atoms with Crippen molar-refractivity contribution in [3.05, 3.63) is 52.6 Å². The fourth-order valence-corrected chi connectivity index (χ4v) is 2.61. The van der Waals surface area contributed by atoms with E-state index in [2.05, 4.69) is 10.2 Å². The number of aryl methyl sites for hydroxylation is 2. The molecule has 1 amide bonds. The molecule has 112 valence electrons. The average Bonchev–Trinajstić information content (AvgIpc) is 2.79. The van der Waals surface area contributed by atoms with Crippen LogP contribution in [0.1, 0.15) is 35.4 Å². The number of hydrogen-bond acceptors (Lipinski definition) is 2. The first-order chi connectivity index (χ1) is 9.91. The number of carbonyl (C=O) groups is 1. The van der Waals surface area contributed by atoms with Gasteiger partial charge in [0.05, 0.1) is 11.6 Å². The van der Waals surface area contributed by atoms with Gasteiger partial charge in [-0.3, -0.25) is 9.89 Å². The van der Waals surface area contributed by atoms with Gasteiger partial charge in [0.25, 0.3) is 0 Å². The van der Waals surface area contributed by atoms with Crippen molar-refractivity contribution in [1.82, 2.24) is 15.1 Å². The quantitative estimate of drug-likeness (QED) is 0.940. The maximum atomic E-state index is 13.7. The Bertz CT molecular complexity index is 631. The minimum atomic E-state index is -0.305. The van der Waals surface area contributed by atoms with Crippen molar-refractivity contribution in [3.8, 4) is 0 Å². The summed E-state index contributed by atoms with van der Waals surface area (Å²) < 4.78 is 13.7. The third kappa shape index (κ3) is 3.12. The molecule has 1 aromatic carbocycles. The Hall–Kier alpha value is -2.17. The zero-order chi connectivity index (χ0) is 15.6. The molecule has 2 rings (SSSR count). The summed E-state index contributed by atoms with van der Waals surface area (Å²) >= 11 is 0. The third-order valence-electron chi connectivity index (χ3n) is 3.73. The van der Waals surface area contributed by atoms with Gasteiger partial charge >= 0.3 is 0 Å². The minimum Gasteiger partial charge on any atom is -0.341 e. The first-order valence-electron chi connectivity index (χ1n) is 6.91. The number of carbonyl (C=O) groups excluding carboxylic acids is 1. The molecule has 0 saturated heterocycles. The molecule has 1 unspecified atom stereocenters. The topological polar surface area (TPSA) is 49.0 Å². The highest BCUT2D eigenvalue weighted by Gasteiger charge is 2.24. The summed E-state index contributed by atoms with van der Waals surface area (Å²) in [7, 11) is 1.69. The number of H-pyrrole nitrogens is 1. The average molecular weight is 289 g/mol. The molecule has 0 bridgehead atoms. The molecular formula is C16H20FN3O. The van der Waals surface area contributed by atoms with Gasteiger partial charge in [-0.2, -0.15) is 5.10 Å². The molecule has 0 aliphatic rings. The van der Waals surface area contributed by atoms with E-state index in [0.717, 1.165) is 17.0 Å². The van der Waals surface area contributed by atoms with Crippen molar-refractivity contribution < 1.29 is 9.18 Å². The second kappa shape index (κ2) is 6.08. The van der Waals surface area contributed by atoms with E-state index in [1.165, 1.54) is 6.07 Å². The number of likely N-dealkylation sites (N-methyl/N-ethyl adjacent to an activating group) is 1. The van der Waals surface area contributed by atoms with Gasteiger partial charge in [0.1, 0.15) is 5.82 Å². The van der Waals surface area contributed by atoms with Crippen LogP contribution in [0.15, 0.2) is 24.3 Å². The van der Waals surface area contributed by atoms with Crippen LogP contribution in [0.4, 0.5) is 4.39 Å². The Morgan fingerprint density at radius 3 is 2.62 bits per heavy atom. The highest BCUT2D eigenvalue weighted by Crippen LogP contribution is 2.23. The van der Waals surface area contributed by atoms with E-state index in [0.29, 0.717) is 5.56 Å². The van der Waals surface area contributed by atoms with Crippen LogP contribution in [0.2, 0.25) is 0 Å². The number of aromatic amines is 1. The van der Waals surface area contributed by atoms with Crippen molar-refractivity contribution in [1.29, 1.82) is 0 Å². The SMILES string of the molecule is Cc1n[nH]c(C)c1C(C)C(=O)N(C)Cc1ccccc1F. The smallest absolute Gasteiger partial charge is 0.230 e. The number of rotatable bonds is 4. The summed E-state index contributed by atoms with van der Waals surface area (Å²) in [4.78, 5) is 14.1. The van der Waals surface area contributed by atoms with Crippen LogP contribution in [0, 0.1) is 19.7 Å². The zero-order valence-electron chi connectivity index (χ0n) is 12.8. The molecule has 5 heteroatoms. The highest BCUT2D eigenvalue weighted by atomic mass is 19.1. The third-order valence-corrected chi connectivity index (χ3v) is 3.73. The van der Waals surface area contributed by atoms with E-state index in [9.17, 15) is 9.18 Å². The van der Waals surface area contributed by atoms with Crippen LogP contribution in [0.3, 0.4) is 0 Å². The Balaban J connectivity index is 2.14. The van der Waals surface area contributed by atoms with E-state index in [-0.39, 0.29) is 24.2 Å². The molecule has 0 fully saturated rings. The van der Waals surface area contributed by atoms with Gasteiger partial charge < -0.3 is 4.90 Å². The number of halogens is 1. The lowest BCUT2D eigenvalue weighted by molar-refractivity contribution is -0.131. The Labute approximate surface area is 124 Å². The number of aromatic nitrogens is 2. The van der Waals surface area contributed by atoms with Gasteiger partial charge in [-0.05, 0) is 26.8 Å². The minimum absolute atomic E-state index is 0.0501. The van der Waals surface area contributed by atoms with Gasteiger partial charge in [-0.1, -0.05) is 18.2 Å². The van der Waals surface area contributed by atoms with Crippen molar-refractivity contribution in [2.45, 2.75) is 33.2 Å². The van der Waals surface area contributed by atoms with Crippen molar-refractivity contribution >= 4 is 5.91 Å². The predicted molar refractivity (Wildman–Crippen MR) is 79.4 cm³/mol. The van der Waals surface area contributed by atoms with Gasteiger partial charge in [0.15, 0.2) is 0 Å². The molecule has 0 saturated carbocycles. The molecule has 1 N–H and O–H groups in total. The van der Waals surface area contributed by atoms with Gasteiger partial charge in [-0.25, -0.2) is 4.39 Å². The van der Waals surface area contributed by atoms with E-state index >= 15 is 0 Å². The molecule has 4 nitrogen and oxygen atoms in total. The molecule has 2 aromatic rings. The van der Waals surface area contributed by atoms with Crippen LogP contribution < -0.4 is 0 Å². The molecule has 0 spiro atoms. The molecule has 1 aromatic heterocycles. The largest absolute Gasteiger partial charge is 0.341 e. The maximum absolute atomic E-state index is 13.7. The van der Waals surface area contributed by atoms with Crippen molar-refractivity contribution in [3.63, 3.8) is 0 Å². The lowest BCUT2D eigenvalue weighted by Gasteiger charge is -2.22. The van der Waals surface area contributed by atoms with E-state index in [1.807, 2.05) is 20.8 Å². The Morgan fingerprint density at radius 1 is 1.38 bits per heavy atom. The molecule has 0 radical (unpaired) electrons. The lowest BCUT2D eigenvalue weighted by Crippen LogP contribution is -2.30. The van der Waals surface area contributed by atoms with Crippen LogP contribution in [-0.2, 0) is 11.3 Å². The summed E-state index contributed by atoms with van der Waals surface area (Å²) in [6.45, 7) is 5.88. The first-order valence-corrected chi connectivity index (χ1v) is 6.91. The first kappa shape index (κ1) is 15.2. The molecule has 0 aliphatic carbocycles. The monoisotopic (exact) mass is 289 g/mol. The van der Waals surface area contributed by atoms with E-state index in [4.69, 9.17) is 0 Å². The molecule has 1 atom stereocenters. The number of hydrogen-bond donors (Lipinski definition) is 1. The molecule has 0 aliphatic heterocycles. The van der Waals surface area contributed by atoms with E-state index < -0.39 is 0 Å². The summed E-state index contributed by atoms with van der Waals surface area (Å²) in [6, 6.07) is 6.51.